The highest BCUT2D eigenvalue weighted by atomic mass is 79.9. The first-order valence-corrected chi connectivity index (χ1v) is 7.53. The fourth-order valence-corrected chi connectivity index (χ4v) is 2.46. The Hall–Kier alpha value is -0.830. The first-order valence-electron chi connectivity index (χ1n) is 6.36. The predicted molar refractivity (Wildman–Crippen MR) is 85.6 cm³/mol. The fourth-order valence-electron chi connectivity index (χ4n) is 1.98. The Balaban J connectivity index is 1.84. The van der Waals surface area contributed by atoms with Crippen LogP contribution in [0.25, 0.3) is 0 Å². The molecule has 100 valence electrons. The van der Waals surface area contributed by atoms with E-state index in [2.05, 4.69) is 58.5 Å². The molecule has 0 fully saturated rings. The number of benzene rings is 2. The summed E-state index contributed by atoms with van der Waals surface area (Å²) in [5.74, 6) is 0. The molecule has 0 aliphatic rings. The van der Waals surface area contributed by atoms with E-state index in [1.807, 2.05) is 18.2 Å². The van der Waals surface area contributed by atoms with Crippen molar-refractivity contribution in [3.05, 3.63) is 69.2 Å². The highest BCUT2D eigenvalue weighted by molar-refractivity contribution is 9.10. The Morgan fingerprint density at radius 3 is 2.53 bits per heavy atom. The summed E-state index contributed by atoms with van der Waals surface area (Å²) in [6.45, 7) is 3.08. The van der Waals surface area contributed by atoms with Gasteiger partial charge in [-0.15, -0.1) is 0 Å². The summed E-state index contributed by atoms with van der Waals surface area (Å²) in [6, 6.07) is 16.9. The first kappa shape index (κ1) is 14.6. The quantitative estimate of drug-likeness (QED) is 0.824. The zero-order valence-corrected chi connectivity index (χ0v) is 13.2. The van der Waals surface area contributed by atoms with Gasteiger partial charge < -0.3 is 5.32 Å². The molecule has 0 spiro atoms. The van der Waals surface area contributed by atoms with Crippen LogP contribution in [0.4, 0.5) is 0 Å². The molecule has 1 atom stereocenters. The van der Waals surface area contributed by atoms with Crippen LogP contribution in [0.5, 0.6) is 0 Å². The van der Waals surface area contributed by atoms with Crippen LogP contribution in [-0.4, -0.2) is 6.04 Å². The van der Waals surface area contributed by atoms with Gasteiger partial charge in [-0.1, -0.05) is 51.8 Å². The summed E-state index contributed by atoms with van der Waals surface area (Å²) in [7, 11) is 0. The lowest BCUT2D eigenvalue weighted by atomic mass is 10.1. The molecule has 0 saturated carbocycles. The maximum atomic E-state index is 5.99. The molecule has 0 amide bonds. The SMILES string of the molecule is CC(Cc1cccc(Cl)c1)NCc1ccc(Br)cc1. The van der Waals surface area contributed by atoms with Crippen LogP contribution in [0, 0.1) is 0 Å². The smallest absolute Gasteiger partial charge is 0.0408 e. The van der Waals surface area contributed by atoms with E-state index >= 15 is 0 Å². The van der Waals surface area contributed by atoms with Gasteiger partial charge in [-0.2, -0.15) is 0 Å². The van der Waals surface area contributed by atoms with Gasteiger partial charge in [-0.05, 0) is 48.7 Å². The standard InChI is InChI=1S/C16H17BrClN/c1-12(9-14-3-2-4-16(18)10-14)19-11-13-5-7-15(17)8-6-13/h2-8,10,12,19H,9,11H2,1H3. The van der Waals surface area contributed by atoms with Gasteiger partial charge in [0.15, 0.2) is 0 Å². The van der Waals surface area contributed by atoms with E-state index in [-0.39, 0.29) is 0 Å². The van der Waals surface area contributed by atoms with Crippen LogP contribution >= 0.6 is 27.5 Å². The third-order valence-corrected chi connectivity index (χ3v) is 3.76. The largest absolute Gasteiger partial charge is 0.310 e. The molecule has 0 bridgehead atoms. The highest BCUT2D eigenvalue weighted by Crippen LogP contribution is 2.13. The first-order chi connectivity index (χ1) is 9.13. The average molecular weight is 339 g/mol. The zero-order valence-electron chi connectivity index (χ0n) is 10.9. The van der Waals surface area contributed by atoms with E-state index in [4.69, 9.17) is 11.6 Å². The molecule has 1 nitrogen and oxygen atoms in total. The van der Waals surface area contributed by atoms with Gasteiger partial charge in [0.2, 0.25) is 0 Å². The van der Waals surface area contributed by atoms with Crippen molar-refractivity contribution in [2.24, 2.45) is 0 Å². The van der Waals surface area contributed by atoms with Crippen LogP contribution < -0.4 is 5.32 Å². The Morgan fingerprint density at radius 2 is 1.84 bits per heavy atom. The molecular weight excluding hydrogens is 322 g/mol. The number of hydrogen-bond donors (Lipinski definition) is 1. The van der Waals surface area contributed by atoms with Crippen LogP contribution in [0.15, 0.2) is 53.0 Å². The number of nitrogens with one attached hydrogen (secondary N) is 1. The van der Waals surface area contributed by atoms with Crippen molar-refractivity contribution in [3.63, 3.8) is 0 Å². The molecule has 1 unspecified atom stereocenters. The minimum atomic E-state index is 0.419. The van der Waals surface area contributed by atoms with E-state index < -0.39 is 0 Å². The van der Waals surface area contributed by atoms with Crippen molar-refractivity contribution >= 4 is 27.5 Å². The lowest BCUT2D eigenvalue weighted by Gasteiger charge is -2.14. The van der Waals surface area contributed by atoms with E-state index in [0.717, 1.165) is 22.5 Å². The minimum Gasteiger partial charge on any atom is -0.310 e. The summed E-state index contributed by atoms with van der Waals surface area (Å²) in [5, 5.41) is 4.33. The third-order valence-electron chi connectivity index (χ3n) is 3.00. The molecule has 0 radical (unpaired) electrons. The van der Waals surface area contributed by atoms with Gasteiger partial charge in [0, 0.05) is 22.1 Å². The van der Waals surface area contributed by atoms with Crippen LogP contribution in [0.3, 0.4) is 0 Å². The predicted octanol–water partition coefficient (Wildman–Crippen LogP) is 4.82. The molecule has 2 aromatic carbocycles. The normalized spacial score (nSPS) is 12.4. The van der Waals surface area contributed by atoms with E-state index in [9.17, 15) is 0 Å². The van der Waals surface area contributed by atoms with E-state index in [0.29, 0.717) is 6.04 Å². The molecule has 0 heterocycles. The molecule has 0 aliphatic heterocycles. The van der Waals surface area contributed by atoms with Crippen molar-refractivity contribution in [1.82, 2.24) is 5.32 Å². The molecule has 0 aromatic heterocycles. The molecule has 1 N–H and O–H groups in total. The maximum absolute atomic E-state index is 5.99. The van der Waals surface area contributed by atoms with Crippen LogP contribution in [0.2, 0.25) is 5.02 Å². The number of hydrogen-bond acceptors (Lipinski definition) is 1. The second-order valence-electron chi connectivity index (χ2n) is 4.74. The summed E-state index contributed by atoms with van der Waals surface area (Å²) in [4.78, 5) is 0. The van der Waals surface area contributed by atoms with Gasteiger partial charge in [0.25, 0.3) is 0 Å². The summed E-state index contributed by atoms with van der Waals surface area (Å²) in [6.07, 6.45) is 0.983. The fraction of sp³-hybridized carbons (Fsp3) is 0.250. The van der Waals surface area contributed by atoms with Gasteiger partial charge in [-0.3, -0.25) is 0 Å². The van der Waals surface area contributed by atoms with Crippen molar-refractivity contribution in [3.8, 4) is 0 Å². The molecule has 3 heteroatoms. The Kier molecular flexibility index (Phi) is 5.44. The molecular formula is C16H17BrClN. The summed E-state index contributed by atoms with van der Waals surface area (Å²) < 4.78 is 1.11. The molecule has 0 saturated heterocycles. The van der Waals surface area contributed by atoms with Crippen LogP contribution in [-0.2, 0) is 13.0 Å². The number of rotatable bonds is 5. The third kappa shape index (κ3) is 4.98. The second-order valence-corrected chi connectivity index (χ2v) is 6.09. The molecule has 2 rings (SSSR count). The molecule has 0 aliphatic carbocycles. The summed E-state index contributed by atoms with van der Waals surface area (Å²) in [5.41, 5.74) is 2.56. The Bertz CT molecular complexity index is 525. The topological polar surface area (TPSA) is 12.0 Å². The van der Waals surface area contributed by atoms with E-state index in [1.54, 1.807) is 0 Å². The maximum Gasteiger partial charge on any atom is 0.0408 e. The monoisotopic (exact) mass is 337 g/mol. The lowest BCUT2D eigenvalue weighted by molar-refractivity contribution is 0.545. The lowest BCUT2D eigenvalue weighted by Crippen LogP contribution is -2.27. The average Bonchev–Trinajstić information content (AvgIpc) is 2.38. The van der Waals surface area contributed by atoms with E-state index in [1.165, 1.54) is 11.1 Å². The minimum absolute atomic E-state index is 0.419. The Morgan fingerprint density at radius 1 is 1.11 bits per heavy atom. The Labute approximate surface area is 128 Å². The molecule has 19 heavy (non-hydrogen) atoms. The van der Waals surface area contributed by atoms with Crippen molar-refractivity contribution in [1.29, 1.82) is 0 Å². The second kappa shape index (κ2) is 7.09. The van der Waals surface area contributed by atoms with Gasteiger partial charge in [0.05, 0.1) is 0 Å². The zero-order chi connectivity index (χ0) is 13.7. The van der Waals surface area contributed by atoms with Gasteiger partial charge >= 0.3 is 0 Å². The highest BCUT2D eigenvalue weighted by Gasteiger charge is 2.03. The van der Waals surface area contributed by atoms with Crippen molar-refractivity contribution in [2.75, 3.05) is 0 Å². The summed E-state index contributed by atoms with van der Waals surface area (Å²) >= 11 is 9.43. The molecule has 2 aromatic rings. The number of halogens is 2. The van der Waals surface area contributed by atoms with Crippen molar-refractivity contribution in [2.45, 2.75) is 25.9 Å². The van der Waals surface area contributed by atoms with Gasteiger partial charge in [0.1, 0.15) is 0 Å². The van der Waals surface area contributed by atoms with Crippen molar-refractivity contribution < 1.29 is 0 Å². The van der Waals surface area contributed by atoms with Gasteiger partial charge in [-0.25, -0.2) is 0 Å². The van der Waals surface area contributed by atoms with Crippen LogP contribution in [0.1, 0.15) is 18.1 Å².